The molecule has 238 valence electrons. The Labute approximate surface area is 260 Å². The van der Waals surface area contributed by atoms with Gasteiger partial charge in [-0.25, -0.2) is 17.2 Å². The Kier molecular flexibility index (Phi) is 8.14. The second kappa shape index (κ2) is 11.9. The van der Waals surface area contributed by atoms with Crippen molar-refractivity contribution in [2.75, 3.05) is 55.3 Å². The number of piperazine rings is 1. The number of amides is 1. The molecule has 2 aliphatic rings. The first-order chi connectivity index (χ1) is 21.4. The number of benzene rings is 2. The predicted octanol–water partition coefficient (Wildman–Crippen LogP) is 4.11. The summed E-state index contributed by atoms with van der Waals surface area (Å²) >= 11 is 0. The number of nitrogens with one attached hydrogen (secondary N) is 4. The lowest BCUT2D eigenvalue weighted by atomic mass is 9.84. The van der Waals surface area contributed by atoms with Gasteiger partial charge in [0.1, 0.15) is 11.6 Å². The van der Waals surface area contributed by atoms with Crippen LogP contribution in [0.25, 0.3) is 0 Å². The van der Waals surface area contributed by atoms with E-state index in [1.54, 1.807) is 6.07 Å². The number of anilines is 3. The van der Waals surface area contributed by atoms with E-state index in [9.17, 15) is 22.0 Å². The maximum absolute atomic E-state index is 14.0. The van der Waals surface area contributed by atoms with Crippen LogP contribution < -0.4 is 15.5 Å². The summed E-state index contributed by atoms with van der Waals surface area (Å²) < 4.78 is 56.1. The summed E-state index contributed by atoms with van der Waals surface area (Å²) in [7, 11) is -2.18. The van der Waals surface area contributed by atoms with Gasteiger partial charge in [-0.2, -0.15) is 9.40 Å². The standard InChI is InChI=1S/C31H36F2N8O3S/c1-31(2)19-41(45(43,44)24-14-20(32)13-21(33)15-24)18-26-28(31)37-38-29(26)36-30(42)25-7-6-23(40-11-9-39(3)10-12-40)16-27(25)35-17-22-5-4-8-34-22/h4-8,13-16,34-35H,9-12,17-19H2,1-3H3,(H2,36,37,38,42). The van der Waals surface area contributed by atoms with Crippen molar-refractivity contribution < 1.29 is 22.0 Å². The van der Waals surface area contributed by atoms with Gasteiger partial charge in [0.2, 0.25) is 10.0 Å². The topological polar surface area (TPSA) is 129 Å². The van der Waals surface area contributed by atoms with Crippen molar-refractivity contribution >= 4 is 33.1 Å². The first kappa shape index (κ1) is 30.7. The summed E-state index contributed by atoms with van der Waals surface area (Å²) in [5, 5.41) is 13.6. The number of hydrogen-bond donors (Lipinski definition) is 4. The number of nitrogens with zero attached hydrogens (tertiary/aromatic N) is 4. The minimum atomic E-state index is -4.27. The fourth-order valence-electron chi connectivity index (χ4n) is 5.91. The molecule has 14 heteroatoms. The molecule has 2 aromatic heterocycles. The molecule has 2 aliphatic heterocycles. The average molecular weight is 639 g/mol. The van der Waals surface area contributed by atoms with E-state index in [-0.39, 0.29) is 18.9 Å². The largest absolute Gasteiger partial charge is 0.379 e. The maximum Gasteiger partial charge on any atom is 0.258 e. The van der Waals surface area contributed by atoms with Crippen LogP contribution in [0.15, 0.2) is 59.6 Å². The molecular weight excluding hydrogens is 602 g/mol. The first-order valence-corrected chi connectivity index (χ1v) is 16.1. The van der Waals surface area contributed by atoms with E-state index >= 15 is 0 Å². The monoisotopic (exact) mass is 638 g/mol. The molecule has 0 bridgehead atoms. The third-order valence-corrected chi connectivity index (χ3v) is 10.2. The number of carbonyl (C=O) groups excluding carboxylic acids is 1. The minimum absolute atomic E-state index is 0.0383. The van der Waals surface area contributed by atoms with E-state index in [0.717, 1.165) is 54.0 Å². The second-order valence-corrected chi connectivity index (χ2v) is 14.1. The van der Waals surface area contributed by atoms with Crippen LogP contribution in [0.2, 0.25) is 0 Å². The molecule has 4 aromatic rings. The smallest absolute Gasteiger partial charge is 0.258 e. The van der Waals surface area contributed by atoms with Crippen molar-refractivity contribution in [3.63, 3.8) is 0 Å². The first-order valence-electron chi connectivity index (χ1n) is 14.7. The van der Waals surface area contributed by atoms with Gasteiger partial charge in [0.05, 0.1) is 17.0 Å². The maximum atomic E-state index is 14.0. The number of carbonyl (C=O) groups is 1. The van der Waals surface area contributed by atoms with Crippen LogP contribution in [-0.2, 0) is 28.5 Å². The number of aromatic nitrogens is 3. The molecule has 2 aromatic carbocycles. The highest BCUT2D eigenvalue weighted by molar-refractivity contribution is 7.89. The molecule has 0 atom stereocenters. The second-order valence-electron chi connectivity index (χ2n) is 12.2. The van der Waals surface area contributed by atoms with E-state index < -0.39 is 37.9 Å². The van der Waals surface area contributed by atoms with Crippen LogP contribution in [0, 0.1) is 11.6 Å². The van der Waals surface area contributed by atoms with E-state index in [4.69, 9.17) is 0 Å². The average Bonchev–Trinajstić information content (AvgIpc) is 3.66. The number of likely N-dealkylation sites (N-methyl/N-ethyl adjacent to an activating group) is 1. The Morgan fingerprint density at radius 2 is 1.78 bits per heavy atom. The highest BCUT2D eigenvalue weighted by Gasteiger charge is 2.41. The van der Waals surface area contributed by atoms with E-state index in [0.29, 0.717) is 35.1 Å². The Hall–Kier alpha value is -4.27. The number of rotatable bonds is 8. The molecule has 1 saturated heterocycles. The van der Waals surface area contributed by atoms with Crippen molar-refractivity contribution in [3.8, 4) is 0 Å². The zero-order chi connectivity index (χ0) is 31.9. The van der Waals surface area contributed by atoms with Crippen LogP contribution in [0.3, 0.4) is 0 Å². The van der Waals surface area contributed by atoms with Crippen molar-refractivity contribution in [2.45, 2.75) is 37.2 Å². The van der Waals surface area contributed by atoms with Gasteiger partial charge in [0.25, 0.3) is 5.91 Å². The third kappa shape index (κ3) is 6.30. The quantitative estimate of drug-likeness (QED) is 0.229. The van der Waals surface area contributed by atoms with Crippen LogP contribution in [0.5, 0.6) is 0 Å². The van der Waals surface area contributed by atoms with Crippen LogP contribution >= 0.6 is 0 Å². The van der Waals surface area contributed by atoms with Crippen LogP contribution in [0.1, 0.15) is 41.2 Å². The van der Waals surface area contributed by atoms with Gasteiger partial charge < -0.3 is 25.4 Å². The highest BCUT2D eigenvalue weighted by atomic mass is 32.2. The molecule has 1 amide bonds. The number of aromatic amines is 2. The van der Waals surface area contributed by atoms with Crippen molar-refractivity contribution in [3.05, 3.63) is 88.9 Å². The van der Waals surface area contributed by atoms with Gasteiger partial charge in [-0.05, 0) is 49.5 Å². The number of hydrogen-bond acceptors (Lipinski definition) is 7. The Morgan fingerprint density at radius 3 is 2.47 bits per heavy atom. The Bertz CT molecular complexity index is 1800. The molecule has 6 rings (SSSR count). The fraction of sp³-hybridized carbons (Fsp3) is 0.355. The number of halogens is 2. The molecule has 4 N–H and O–H groups in total. The van der Waals surface area contributed by atoms with Crippen molar-refractivity contribution in [1.29, 1.82) is 0 Å². The van der Waals surface area contributed by atoms with Gasteiger partial charge in [-0.3, -0.25) is 9.89 Å². The molecule has 0 unspecified atom stereocenters. The summed E-state index contributed by atoms with van der Waals surface area (Å²) in [5.74, 6) is -2.21. The molecule has 0 saturated carbocycles. The van der Waals surface area contributed by atoms with Crippen LogP contribution in [0.4, 0.5) is 26.0 Å². The molecule has 11 nitrogen and oxygen atoms in total. The fourth-order valence-corrected chi connectivity index (χ4v) is 7.52. The number of H-pyrrole nitrogens is 2. The molecule has 0 spiro atoms. The molecule has 1 fully saturated rings. The zero-order valence-electron chi connectivity index (χ0n) is 25.3. The lowest BCUT2D eigenvalue weighted by Gasteiger charge is -2.36. The van der Waals surface area contributed by atoms with E-state index in [1.807, 2.05) is 44.3 Å². The SMILES string of the molecule is CN1CCN(c2ccc(C(=O)Nc3n[nH]c4c3CN(S(=O)(=O)c3cc(F)cc(F)c3)CC4(C)C)c(NCc3ccc[nH]3)c2)CC1. The Morgan fingerprint density at radius 1 is 1.04 bits per heavy atom. The van der Waals surface area contributed by atoms with E-state index in [1.165, 1.54) is 0 Å². The van der Waals surface area contributed by atoms with Crippen molar-refractivity contribution in [1.82, 2.24) is 24.4 Å². The van der Waals surface area contributed by atoms with Gasteiger partial charge in [0, 0.05) is 85.3 Å². The number of sulfonamides is 1. The minimum Gasteiger partial charge on any atom is -0.379 e. The predicted molar refractivity (Wildman–Crippen MR) is 168 cm³/mol. The van der Waals surface area contributed by atoms with Gasteiger partial charge in [-0.1, -0.05) is 13.8 Å². The van der Waals surface area contributed by atoms with Gasteiger partial charge in [0.15, 0.2) is 5.82 Å². The summed E-state index contributed by atoms with van der Waals surface area (Å²) in [6.07, 6.45) is 1.84. The summed E-state index contributed by atoms with van der Waals surface area (Å²) in [4.78, 5) is 21.0. The molecular formula is C31H36F2N8O3S. The lowest BCUT2D eigenvalue weighted by molar-refractivity contribution is 0.102. The summed E-state index contributed by atoms with van der Waals surface area (Å²) in [6.45, 7) is 7.65. The van der Waals surface area contributed by atoms with Crippen LogP contribution in [-0.4, -0.2) is 78.5 Å². The highest BCUT2D eigenvalue weighted by Crippen LogP contribution is 2.38. The lowest BCUT2D eigenvalue weighted by Crippen LogP contribution is -2.45. The molecule has 4 heterocycles. The van der Waals surface area contributed by atoms with Gasteiger partial charge in [-0.15, -0.1) is 0 Å². The molecule has 0 aliphatic carbocycles. The molecule has 45 heavy (non-hydrogen) atoms. The zero-order valence-corrected chi connectivity index (χ0v) is 26.1. The molecule has 0 radical (unpaired) electrons. The van der Waals surface area contributed by atoms with Crippen molar-refractivity contribution in [2.24, 2.45) is 0 Å². The third-order valence-electron chi connectivity index (χ3n) is 8.40. The number of fused-ring (bicyclic) bond motifs is 1. The summed E-state index contributed by atoms with van der Waals surface area (Å²) in [5.41, 5.74) is 3.40. The summed E-state index contributed by atoms with van der Waals surface area (Å²) in [6, 6.07) is 11.8. The Balaban J connectivity index is 1.28. The van der Waals surface area contributed by atoms with Gasteiger partial charge >= 0.3 is 0 Å². The van der Waals surface area contributed by atoms with E-state index in [2.05, 4.69) is 42.7 Å². The normalized spacial score (nSPS) is 17.2.